The number of carbonyl (C=O) groups excluding carboxylic acids is 1. The topological polar surface area (TPSA) is 44.8 Å². The Morgan fingerprint density at radius 3 is 2.28 bits per heavy atom. The normalized spacial score (nSPS) is 16.3. The molecule has 0 saturated carbocycles. The number of allylic oxidation sites excluding steroid dienone is 3. The summed E-state index contributed by atoms with van der Waals surface area (Å²) in [6.45, 7) is 14.6. The number of hydrogen-bond acceptors (Lipinski definition) is 4. The molecule has 0 radical (unpaired) electrons. The van der Waals surface area contributed by atoms with Gasteiger partial charge < -0.3 is 19.9 Å². The predicted molar refractivity (Wildman–Crippen MR) is 124 cm³/mol. The highest BCUT2D eigenvalue weighted by molar-refractivity contribution is 5.68. The van der Waals surface area contributed by atoms with Crippen molar-refractivity contribution in [2.24, 2.45) is 0 Å². The van der Waals surface area contributed by atoms with E-state index in [1.807, 2.05) is 32.9 Å². The van der Waals surface area contributed by atoms with Crippen LogP contribution in [0.4, 0.5) is 10.5 Å². The van der Waals surface area contributed by atoms with Gasteiger partial charge in [-0.25, -0.2) is 4.79 Å². The first-order valence-electron chi connectivity index (χ1n) is 10.7. The molecule has 0 bridgehead atoms. The summed E-state index contributed by atoms with van der Waals surface area (Å²) in [5.74, 6) is 0. The average Bonchev–Trinajstić information content (AvgIpc) is 2.74. The zero-order chi connectivity index (χ0) is 21.5. The molecular formula is C24H39N3O2. The van der Waals surface area contributed by atoms with Crippen molar-refractivity contribution in [3.8, 4) is 0 Å². The first kappa shape index (κ1) is 24.8. The molecular weight excluding hydrogens is 362 g/mol. The van der Waals surface area contributed by atoms with E-state index in [2.05, 4.69) is 35.0 Å². The minimum Gasteiger partial charge on any atom is -0.453 e. The number of carbonyl (C=O) groups is 1. The summed E-state index contributed by atoms with van der Waals surface area (Å²) in [6, 6.07) is 6.87. The molecule has 0 aromatic heterocycles. The molecule has 2 aliphatic heterocycles. The Labute approximate surface area is 177 Å². The Morgan fingerprint density at radius 2 is 1.69 bits per heavy atom. The van der Waals surface area contributed by atoms with Crippen molar-refractivity contribution >= 4 is 11.8 Å². The molecule has 2 aliphatic rings. The van der Waals surface area contributed by atoms with Gasteiger partial charge in [0.25, 0.3) is 0 Å². The lowest BCUT2D eigenvalue weighted by Gasteiger charge is -2.35. The van der Waals surface area contributed by atoms with E-state index in [1.54, 1.807) is 11.0 Å². The maximum absolute atomic E-state index is 11.6. The van der Waals surface area contributed by atoms with E-state index in [1.165, 1.54) is 30.3 Å². The number of aryl methyl sites for hydroxylation is 1. The minimum atomic E-state index is -0.217. The van der Waals surface area contributed by atoms with Gasteiger partial charge >= 0.3 is 6.09 Å². The SMILES string of the molecule is C/C=C\C.C=CC.COC(=O)N1CCN(c2ccc3c(c2)CCCNCC3)CC1. The number of methoxy groups -OCH3 is 1. The summed E-state index contributed by atoms with van der Waals surface area (Å²) in [4.78, 5) is 15.7. The Bertz CT molecular complexity index is 631. The van der Waals surface area contributed by atoms with Gasteiger partial charge in [0.05, 0.1) is 7.11 Å². The monoisotopic (exact) mass is 401 g/mol. The molecule has 1 N–H and O–H groups in total. The molecule has 1 saturated heterocycles. The van der Waals surface area contributed by atoms with Crippen molar-refractivity contribution in [2.75, 3.05) is 51.3 Å². The number of nitrogens with one attached hydrogen (secondary N) is 1. The lowest BCUT2D eigenvalue weighted by atomic mass is 9.97. The van der Waals surface area contributed by atoms with Crippen molar-refractivity contribution in [1.29, 1.82) is 0 Å². The number of hydrogen-bond donors (Lipinski definition) is 1. The number of anilines is 1. The summed E-state index contributed by atoms with van der Waals surface area (Å²) >= 11 is 0. The van der Waals surface area contributed by atoms with Gasteiger partial charge in [-0.15, -0.1) is 6.58 Å². The van der Waals surface area contributed by atoms with Crippen molar-refractivity contribution in [1.82, 2.24) is 10.2 Å². The van der Waals surface area contributed by atoms with Gasteiger partial charge in [-0.2, -0.15) is 0 Å². The fourth-order valence-electron chi connectivity index (χ4n) is 3.31. The van der Waals surface area contributed by atoms with E-state index in [0.717, 1.165) is 52.1 Å². The summed E-state index contributed by atoms with van der Waals surface area (Å²) in [6.07, 6.45) is 9.00. The van der Waals surface area contributed by atoms with Gasteiger partial charge in [0.15, 0.2) is 0 Å². The Morgan fingerprint density at radius 1 is 1.03 bits per heavy atom. The molecule has 3 rings (SSSR count). The fourth-order valence-corrected chi connectivity index (χ4v) is 3.31. The van der Waals surface area contributed by atoms with Crippen molar-refractivity contribution in [2.45, 2.75) is 40.0 Å². The number of amides is 1. The Hall–Kier alpha value is -2.27. The van der Waals surface area contributed by atoms with E-state index < -0.39 is 0 Å². The third kappa shape index (κ3) is 8.73. The van der Waals surface area contributed by atoms with Gasteiger partial charge in [-0.3, -0.25) is 0 Å². The molecule has 1 aromatic carbocycles. The third-order valence-corrected chi connectivity index (χ3v) is 4.97. The van der Waals surface area contributed by atoms with Crippen molar-refractivity contribution in [3.63, 3.8) is 0 Å². The molecule has 1 fully saturated rings. The van der Waals surface area contributed by atoms with Crippen LogP contribution in [0.15, 0.2) is 43.0 Å². The minimum absolute atomic E-state index is 0.217. The lowest BCUT2D eigenvalue weighted by Crippen LogP contribution is -2.48. The van der Waals surface area contributed by atoms with Crippen LogP contribution in [0.1, 0.15) is 38.3 Å². The second-order valence-electron chi connectivity index (χ2n) is 7.08. The quantitative estimate of drug-likeness (QED) is 0.707. The summed E-state index contributed by atoms with van der Waals surface area (Å²) in [5.41, 5.74) is 4.26. The first-order chi connectivity index (χ1) is 14.1. The van der Waals surface area contributed by atoms with Crippen LogP contribution in [0.3, 0.4) is 0 Å². The molecule has 0 aliphatic carbocycles. The number of nitrogens with zero attached hydrogens (tertiary/aromatic N) is 2. The molecule has 1 amide bonds. The molecule has 5 nitrogen and oxygen atoms in total. The summed E-state index contributed by atoms with van der Waals surface area (Å²) in [7, 11) is 1.44. The first-order valence-corrected chi connectivity index (χ1v) is 10.7. The number of rotatable bonds is 1. The van der Waals surface area contributed by atoms with E-state index in [4.69, 9.17) is 4.74 Å². The number of fused-ring (bicyclic) bond motifs is 1. The van der Waals surface area contributed by atoms with Crippen LogP contribution < -0.4 is 10.2 Å². The maximum atomic E-state index is 11.6. The molecule has 2 heterocycles. The second kappa shape index (κ2) is 14.7. The Balaban J connectivity index is 0.000000526. The molecule has 29 heavy (non-hydrogen) atoms. The highest BCUT2D eigenvalue weighted by atomic mass is 16.5. The van der Waals surface area contributed by atoms with Crippen LogP contribution in [-0.2, 0) is 17.6 Å². The van der Waals surface area contributed by atoms with Crippen LogP contribution in [0.2, 0.25) is 0 Å². The lowest BCUT2D eigenvalue weighted by molar-refractivity contribution is 0.121. The van der Waals surface area contributed by atoms with Crippen LogP contribution >= 0.6 is 0 Å². The van der Waals surface area contributed by atoms with Crippen LogP contribution in [0.25, 0.3) is 0 Å². The van der Waals surface area contributed by atoms with E-state index in [0.29, 0.717) is 0 Å². The van der Waals surface area contributed by atoms with Gasteiger partial charge in [-0.05, 0) is 76.4 Å². The van der Waals surface area contributed by atoms with Gasteiger partial charge in [0.1, 0.15) is 0 Å². The zero-order valence-electron chi connectivity index (χ0n) is 18.7. The van der Waals surface area contributed by atoms with Crippen LogP contribution in [-0.4, -0.2) is 57.4 Å². The van der Waals surface area contributed by atoms with E-state index >= 15 is 0 Å². The smallest absolute Gasteiger partial charge is 0.409 e. The standard InChI is InChI=1S/C17H25N3O2.C4H8.C3H6/c1-22-17(21)20-11-9-19(10-12-20)16-5-4-14-6-8-18-7-2-3-15(14)13-16;1-3-4-2;1-3-2/h4-5,13,18H,2-3,6-12H2,1H3;3-4H,1-2H3;3H,1H2,2H3/b;4-3-;. The molecule has 0 unspecified atom stereocenters. The van der Waals surface area contributed by atoms with Gasteiger partial charge in [-0.1, -0.05) is 24.3 Å². The number of benzene rings is 1. The fraction of sp³-hybridized carbons (Fsp3) is 0.542. The molecule has 0 spiro atoms. The van der Waals surface area contributed by atoms with Gasteiger partial charge in [0.2, 0.25) is 0 Å². The zero-order valence-corrected chi connectivity index (χ0v) is 18.7. The summed E-state index contributed by atoms with van der Waals surface area (Å²) < 4.78 is 4.79. The van der Waals surface area contributed by atoms with E-state index in [9.17, 15) is 4.79 Å². The molecule has 0 atom stereocenters. The van der Waals surface area contributed by atoms with Gasteiger partial charge in [0, 0.05) is 31.9 Å². The molecule has 1 aromatic rings. The maximum Gasteiger partial charge on any atom is 0.409 e. The van der Waals surface area contributed by atoms with E-state index in [-0.39, 0.29) is 6.09 Å². The Kier molecular flexibility index (Phi) is 12.5. The second-order valence-corrected chi connectivity index (χ2v) is 7.08. The third-order valence-electron chi connectivity index (χ3n) is 4.97. The van der Waals surface area contributed by atoms with Crippen molar-refractivity contribution in [3.05, 3.63) is 54.1 Å². The van der Waals surface area contributed by atoms with Crippen LogP contribution in [0, 0.1) is 0 Å². The molecule has 5 heteroatoms. The highest BCUT2D eigenvalue weighted by Gasteiger charge is 2.22. The summed E-state index contributed by atoms with van der Waals surface area (Å²) in [5, 5.41) is 3.47. The largest absolute Gasteiger partial charge is 0.453 e. The number of ether oxygens (including phenoxy) is 1. The average molecular weight is 402 g/mol. The highest BCUT2D eigenvalue weighted by Crippen LogP contribution is 2.23. The molecule has 162 valence electrons. The van der Waals surface area contributed by atoms with Crippen molar-refractivity contribution < 1.29 is 9.53 Å². The predicted octanol–water partition coefficient (Wildman–Crippen LogP) is 4.43. The van der Waals surface area contributed by atoms with Crippen LogP contribution in [0.5, 0.6) is 0 Å². The number of piperazine rings is 1.